The molecule has 21 heavy (non-hydrogen) atoms. The summed E-state index contributed by atoms with van der Waals surface area (Å²) >= 11 is 1.62. The van der Waals surface area contributed by atoms with Gasteiger partial charge in [-0.2, -0.15) is 0 Å². The van der Waals surface area contributed by atoms with Crippen molar-refractivity contribution in [3.63, 3.8) is 0 Å². The summed E-state index contributed by atoms with van der Waals surface area (Å²) in [7, 11) is 0. The maximum Gasteiger partial charge on any atom is 0.257 e. The lowest BCUT2D eigenvalue weighted by Crippen LogP contribution is -2.29. The van der Waals surface area contributed by atoms with Crippen LogP contribution >= 0.6 is 11.3 Å². The molecule has 0 aliphatic heterocycles. The number of nitrogens with one attached hydrogen (secondary N) is 1. The number of unbranched alkanes of at least 4 members (excludes halogenated alkanes) is 1. The van der Waals surface area contributed by atoms with Gasteiger partial charge in [-0.05, 0) is 37.6 Å². The number of hydrogen-bond acceptors (Lipinski definition) is 4. The molecule has 4 nitrogen and oxygen atoms in total. The molecule has 0 aliphatic rings. The highest BCUT2D eigenvalue weighted by Gasteiger charge is 2.04. The predicted octanol–water partition coefficient (Wildman–Crippen LogP) is 3.41. The average molecular weight is 304 g/mol. The molecule has 0 unspecified atom stereocenters. The van der Waals surface area contributed by atoms with Crippen LogP contribution in [0.5, 0.6) is 5.75 Å². The van der Waals surface area contributed by atoms with E-state index in [1.807, 2.05) is 36.6 Å². The largest absolute Gasteiger partial charge is 0.484 e. The van der Waals surface area contributed by atoms with Crippen LogP contribution in [0.1, 0.15) is 25.5 Å². The van der Waals surface area contributed by atoms with Crippen molar-refractivity contribution in [1.82, 2.24) is 10.3 Å². The quantitative estimate of drug-likeness (QED) is 0.797. The van der Waals surface area contributed by atoms with Crippen LogP contribution in [0, 0.1) is 6.92 Å². The fraction of sp³-hybridized carbons (Fsp3) is 0.375. The predicted molar refractivity (Wildman–Crippen MR) is 85.7 cm³/mol. The Morgan fingerprint density at radius 3 is 2.71 bits per heavy atom. The van der Waals surface area contributed by atoms with E-state index < -0.39 is 0 Å². The van der Waals surface area contributed by atoms with Crippen molar-refractivity contribution in [3.05, 3.63) is 35.3 Å². The minimum atomic E-state index is -0.0805. The van der Waals surface area contributed by atoms with Gasteiger partial charge in [0.05, 0.1) is 0 Å². The Labute approximate surface area is 129 Å². The SMILES string of the molecule is CCCCNC(=O)COc1ccc(-c2nc(C)cs2)cc1. The highest BCUT2D eigenvalue weighted by atomic mass is 32.1. The molecule has 0 spiro atoms. The Morgan fingerprint density at radius 2 is 2.10 bits per heavy atom. The monoisotopic (exact) mass is 304 g/mol. The maximum absolute atomic E-state index is 11.5. The van der Waals surface area contributed by atoms with Crippen LogP contribution in [-0.2, 0) is 4.79 Å². The summed E-state index contributed by atoms with van der Waals surface area (Å²) in [6.07, 6.45) is 2.06. The van der Waals surface area contributed by atoms with E-state index in [1.54, 1.807) is 11.3 Å². The number of amides is 1. The molecular formula is C16H20N2O2S. The van der Waals surface area contributed by atoms with Crippen molar-refractivity contribution < 1.29 is 9.53 Å². The number of carbonyl (C=O) groups is 1. The van der Waals surface area contributed by atoms with Gasteiger partial charge in [0.2, 0.25) is 0 Å². The second-order valence-corrected chi connectivity index (χ2v) is 5.67. The van der Waals surface area contributed by atoms with Gasteiger partial charge in [0.25, 0.3) is 5.91 Å². The summed E-state index contributed by atoms with van der Waals surface area (Å²) in [6.45, 7) is 4.84. The van der Waals surface area contributed by atoms with Gasteiger partial charge in [-0.1, -0.05) is 13.3 Å². The van der Waals surface area contributed by atoms with Gasteiger partial charge >= 0.3 is 0 Å². The highest BCUT2D eigenvalue weighted by molar-refractivity contribution is 7.13. The number of carbonyl (C=O) groups excluding carboxylic acids is 1. The molecule has 2 rings (SSSR count). The van der Waals surface area contributed by atoms with Crippen LogP contribution in [0.15, 0.2) is 29.6 Å². The van der Waals surface area contributed by atoms with Crippen molar-refractivity contribution >= 4 is 17.2 Å². The van der Waals surface area contributed by atoms with E-state index in [0.717, 1.165) is 29.1 Å². The number of aromatic nitrogens is 1. The first kappa shape index (κ1) is 15.5. The Hall–Kier alpha value is -1.88. The minimum absolute atomic E-state index is 0.0550. The van der Waals surface area contributed by atoms with Crippen molar-refractivity contribution in [2.24, 2.45) is 0 Å². The third kappa shape index (κ3) is 4.86. The van der Waals surface area contributed by atoms with E-state index in [-0.39, 0.29) is 12.5 Å². The molecule has 0 bridgehead atoms. The van der Waals surface area contributed by atoms with Gasteiger partial charge in [-0.3, -0.25) is 4.79 Å². The van der Waals surface area contributed by atoms with Gasteiger partial charge in [0.1, 0.15) is 10.8 Å². The number of rotatable bonds is 7. The van der Waals surface area contributed by atoms with E-state index in [2.05, 4.69) is 17.2 Å². The number of ether oxygens (including phenoxy) is 1. The zero-order valence-electron chi connectivity index (χ0n) is 12.4. The zero-order chi connectivity index (χ0) is 15.1. The molecule has 0 atom stereocenters. The van der Waals surface area contributed by atoms with E-state index >= 15 is 0 Å². The topological polar surface area (TPSA) is 51.2 Å². The molecule has 1 aromatic heterocycles. The molecule has 1 heterocycles. The van der Waals surface area contributed by atoms with Crippen LogP contribution in [0.3, 0.4) is 0 Å². The van der Waals surface area contributed by atoms with Crippen LogP contribution in [0.2, 0.25) is 0 Å². The molecule has 112 valence electrons. The number of benzene rings is 1. The molecule has 0 fully saturated rings. The van der Waals surface area contributed by atoms with Gasteiger partial charge in [0.15, 0.2) is 6.61 Å². The van der Waals surface area contributed by atoms with Crippen LogP contribution in [0.4, 0.5) is 0 Å². The Morgan fingerprint density at radius 1 is 1.33 bits per heavy atom. The first-order valence-corrected chi connectivity index (χ1v) is 7.99. The van der Waals surface area contributed by atoms with Crippen molar-refractivity contribution in [3.8, 4) is 16.3 Å². The van der Waals surface area contributed by atoms with Crippen LogP contribution in [-0.4, -0.2) is 24.0 Å². The van der Waals surface area contributed by atoms with Gasteiger partial charge in [-0.15, -0.1) is 11.3 Å². The summed E-state index contributed by atoms with van der Waals surface area (Å²) in [5, 5.41) is 5.85. The molecule has 1 amide bonds. The lowest BCUT2D eigenvalue weighted by Gasteiger charge is -2.07. The van der Waals surface area contributed by atoms with Crippen LogP contribution < -0.4 is 10.1 Å². The summed E-state index contributed by atoms with van der Waals surface area (Å²) in [5.41, 5.74) is 2.09. The number of nitrogens with zero attached hydrogens (tertiary/aromatic N) is 1. The first-order valence-electron chi connectivity index (χ1n) is 7.11. The van der Waals surface area contributed by atoms with E-state index in [0.29, 0.717) is 12.3 Å². The Kier molecular flexibility index (Phi) is 5.75. The Balaban J connectivity index is 1.84. The molecule has 0 radical (unpaired) electrons. The molecule has 2 aromatic rings. The van der Waals surface area contributed by atoms with Crippen LogP contribution in [0.25, 0.3) is 10.6 Å². The highest BCUT2D eigenvalue weighted by Crippen LogP contribution is 2.25. The molecule has 0 aliphatic carbocycles. The number of aryl methyl sites for hydroxylation is 1. The van der Waals surface area contributed by atoms with Crippen molar-refractivity contribution in [1.29, 1.82) is 0 Å². The van der Waals surface area contributed by atoms with E-state index in [9.17, 15) is 4.79 Å². The normalized spacial score (nSPS) is 10.4. The summed E-state index contributed by atoms with van der Waals surface area (Å²) in [6, 6.07) is 7.65. The van der Waals surface area contributed by atoms with E-state index in [1.165, 1.54) is 0 Å². The number of hydrogen-bond donors (Lipinski definition) is 1. The molecule has 5 heteroatoms. The summed E-state index contributed by atoms with van der Waals surface area (Å²) in [4.78, 5) is 16.0. The standard InChI is InChI=1S/C16H20N2O2S/c1-3-4-9-17-15(19)10-20-14-7-5-13(6-8-14)16-18-12(2)11-21-16/h5-8,11H,3-4,9-10H2,1-2H3,(H,17,19). The zero-order valence-corrected chi connectivity index (χ0v) is 13.2. The molecule has 1 N–H and O–H groups in total. The minimum Gasteiger partial charge on any atom is -0.484 e. The average Bonchev–Trinajstić information content (AvgIpc) is 2.92. The smallest absolute Gasteiger partial charge is 0.257 e. The fourth-order valence-electron chi connectivity index (χ4n) is 1.78. The molecule has 0 saturated carbocycles. The second kappa shape index (κ2) is 7.78. The molecule has 0 saturated heterocycles. The molecular weight excluding hydrogens is 284 g/mol. The van der Waals surface area contributed by atoms with Crippen molar-refractivity contribution in [2.75, 3.05) is 13.2 Å². The maximum atomic E-state index is 11.5. The molecule has 1 aromatic carbocycles. The second-order valence-electron chi connectivity index (χ2n) is 4.81. The number of thiazole rings is 1. The summed E-state index contributed by atoms with van der Waals surface area (Å²) < 4.78 is 5.47. The van der Waals surface area contributed by atoms with Crippen molar-refractivity contribution in [2.45, 2.75) is 26.7 Å². The summed E-state index contributed by atoms with van der Waals surface area (Å²) in [5.74, 6) is 0.612. The van der Waals surface area contributed by atoms with Gasteiger partial charge in [0, 0.05) is 23.2 Å². The lowest BCUT2D eigenvalue weighted by atomic mass is 10.2. The van der Waals surface area contributed by atoms with Gasteiger partial charge < -0.3 is 10.1 Å². The lowest BCUT2D eigenvalue weighted by molar-refractivity contribution is -0.123. The fourth-order valence-corrected chi connectivity index (χ4v) is 2.59. The third-order valence-corrected chi connectivity index (χ3v) is 3.95. The van der Waals surface area contributed by atoms with Gasteiger partial charge in [-0.25, -0.2) is 4.98 Å². The third-order valence-electron chi connectivity index (χ3n) is 2.94. The van der Waals surface area contributed by atoms with E-state index in [4.69, 9.17) is 4.74 Å². The Bertz CT molecular complexity index is 578. The first-order chi connectivity index (χ1) is 10.2.